The molecule has 0 spiro atoms. The topological polar surface area (TPSA) is 95.3 Å². The number of benzene rings is 1. The van der Waals surface area contributed by atoms with Crippen molar-refractivity contribution in [3.8, 4) is 28.7 Å². The van der Waals surface area contributed by atoms with E-state index in [1.165, 1.54) is 0 Å². The Morgan fingerprint density at radius 1 is 1.09 bits per heavy atom. The molecule has 6 rings (SSSR count). The number of aromatic nitrogens is 5. The molecule has 3 aromatic heterocycles. The third-order valence-electron chi connectivity index (χ3n) is 6.28. The van der Waals surface area contributed by atoms with Gasteiger partial charge in [-0.3, -0.25) is 9.78 Å². The van der Waals surface area contributed by atoms with E-state index in [1.807, 2.05) is 49.5 Å². The number of hydrogen-bond donors (Lipinski definition) is 0. The molecule has 1 aliphatic carbocycles. The van der Waals surface area contributed by atoms with Crippen molar-refractivity contribution in [2.45, 2.75) is 25.2 Å². The van der Waals surface area contributed by atoms with Crippen LogP contribution >= 0.6 is 0 Å². The van der Waals surface area contributed by atoms with Crippen LogP contribution in [-0.2, 0) is 6.42 Å². The van der Waals surface area contributed by atoms with Crippen molar-refractivity contribution in [1.82, 2.24) is 29.6 Å². The molecular weight excluding hydrogens is 444 g/mol. The van der Waals surface area contributed by atoms with Crippen LogP contribution in [0.2, 0.25) is 0 Å². The van der Waals surface area contributed by atoms with Crippen LogP contribution in [0.15, 0.2) is 61.1 Å². The summed E-state index contributed by atoms with van der Waals surface area (Å²) in [6.07, 6.45) is 7.85. The zero-order chi connectivity index (χ0) is 23.8. The number of amides is 1. The highest BCUT2D eigenvalue weighted by molar-refractivity contribution is 5.95. The van der Waals surface area contributed by atoms with E-state index in [-0.39, 0.29) is 18.6 Å². The second-order valence-electron chi connectivity index (χ2n) is 8.74. The average molecular weight is 469 g/mol. The van der Waals surface area contributed by atoms with Crippen molar-refractivity contribution in [1.29, 1.82) is 0 Å². The molecule has 1 fully saturated rings. The Labute approximate surface area is 202 Å². The fourth-order valence-electron chi connectivity index (χ4n) is 4.23. The van der Waals surface area contributed by atoms with Gasteiger partial charge in [0.05, 0.1) is 23.1 Å². The van der Waals surface area contributed by atoms with E-state index in [4.69, 9.17) is 14.5 Å². The SMILES string of the molecule is CN(CCc1ccccn1)C(=O)c1cnn(-c2nccc(-c3ccc4c(c3)OCO4)n2)c1C1CC1. The minimum Gasteiger partial charge on any atom is -0.454 e. The quantitative estimate of drug-likeness (QED) is 0.409. The van der Waals surface area contributed by atoms with Gasteiger partial charge in [0.1, 0.15) is 0 Å². The Morgan fingerprint density at radius 2 is 1.97 bits per heavy atom. The first-order valence-corrected chi connectivity index (χ1v) is 11.6. The van der Waals surface area contributed by atoms with Crippen LogP contribution in [-0.4, -0.2) is 55.9 Å². The molecule has 0 radical (unpaired) electrons. The number of fused-ring (bicyclic) bond motifs is 1. The lowest BCUT2D eigenvalue weighted by atomic mass is 10.1. The zero-order valence-electron chi connectivity index (χ0n) is 19.3. The van der Waals surface area contributed by atoms with Gasteiger partial charge in [0, 0.05) is 49.6 Å². The van der Waals surface area contributed by atoms with Crippen molar-refractivity contribution in [3.63, 3.8) is 0 Å². The number of carbonyl (C=O) groups excluding carboxylic acids is 1. The molecule has 176 valence electrons. The molecule has 0 N–H and O–H groups in total. The molecule has 4 heterocycles. The number of carbonyl (C=O) groups is 1. The smallest absolute Gasteiger partial charge is 0.257 e. The number of likely N-dealkylation sites (N-methyl/N-ethyl adjacent to an activating group) is 1. The van der Waals surface area contributed by atoms with E-state index in [0.29, 0.717) is 30.2 Å². The van der Waals surface area contributed by atoms with Crippen molar-refractivity contribution in [2.24, 2.45) is 0 Å². The third-order valence-corrected chi connectivity index (χ3v) is 6.28. The summed E-state index contributed by atoms with van der Waals surface area (Å²) in [5.41, 5.74) is 4.07. The molecule has 1 amide bonds. The lowest BCUT2D eigenvalue weighted by Gasteiger charge is -2.17. The Bertz CT molecular complexity index is 1380. The largest absolute Gasteiger partial charge is 0.454 e. The third kappa shape index (κ3) is 4.21. The van der Waals surface area contributed by atoms with Gasteiger partial charge in [-0.05, 0) is 49.2 Å². The van der Waals surface area contributed by atoms with Crippen LogP contribution in [0.5, 0.6) is 11.5 Å². The number of nitrogens with zero attached hydrogens (tertiary/aromatic N) is 6. The standard InChI is InChI=1S/C26H24N6O3/c1-31(13-10-19-4-2-3-11-27-19)25(33)20-15-29-32(24(20)17-5-6-17)26-28-12-9-21(30-26)18-7-8-22-23(14-18)35-16-34-22/h2-4,7-9,11-12,14-15,17H,5-6,10,13,16H2,1H3. The van der Waals surface area contributed by atoms with E-state index in [2.05, 4.69) is 15.1 Å². The number of ether oxygens (including phenoxy) is 2. The first kappa shape index (κ1) is 21.3. The number of rotatable bonds is 7. The van der Waals surface area contributed by atoms with E-state index >= 15 is 0 Å². The van der Waals surface area contributed by atoms with Crippen molar-refractivity contribution < 1.29 is 14.3 Å². The summed E-state index contributed by atoms with van der Waals surface area (Å²) < 4.78 is 12.6. The normalized spacial score (nSPS) is 14.2. The first-order valence-electron chi connectivity index (χ1n) is 11.6. The van der Waals surface area contributed by atoms with E-state index < -0.39 is 0 Å². The molecule has 1 aliphatic heterocycles. The van der Waals surface area contributed by atoms with Gasteiger partial charge in [0.2, 0.25) is 6.79 Å². The van der Waals surface area contributed by atoms with Gasteiger partial charge >= 0.3 is 0 Å². The van der Waals surface area contributed by atoms with Crippen molar-refractivity contribution in [3.05, 3.63) is 78.0 Å². The maximum Gasteiger partial charge on any atom is 0.257 e. The highest BCUT2D eigenvalue weighted by Crippen LogP contribution is 2.42. The molecule has 1 saturated carbocycles. The highest BCUT2D eigenvalue weighted by Gasteiger charge is 2.34. The molecule has 9 nitrogen and oxygen atoms in total. The molecule has 1 aromatic carbocycles. The van der Waals surface area contributed by atoms with E-state index in [1.54, 1.807) is 28.2 Å². The maximum atomic E-state index is 13.3. The van der Waals surface area contributed by atoms with E-state index in [0.717, 1.165) is 41.2 Å². The Balaban J connectivity index is 1.28. The zero-order valence-corrected chi connectivity index (χ0v) is 19.3. The van der Waals surface area contributed by atoms with Gasteiger partial charge < -0.3 is 14.4 Å². The highest BCUT2D eigenvalue weighted by atomic mass is 16.7. The van der Waals surface area contributed by atoms with Crippen LogP contribution < -0.4 is 9.47 Å². The Kier molecular flexibility index (Phi) is 5.36. The fraction of sp³-hybridized carbons (Fsp3) is 0.269. The predicted molar refractivity (Wildman–Crippen MR) is 128 cm³/mol. The summed E-state index contributed by atoms with van der Waals surface area (Å²) >= 11 is 0. The van der Waals surface area contributed by atoms with Gasteiger partial charge in [0.15, 0.2) is 11.5 Å². The Morgan fingerprint density at radius 3 is 2.80 bits per heavy atom. The maximum absolute atomic E-state index is 13.3. The lowest BCUT2D eigenvalue weighted by Crippen LogP contribution is -2.29. The summed E-state index contributed by atoms with van der Waals surface area (Å²) in [6, 6.07) is 13.4. The molecule has 0 bridgehead atoms. The van der Waals surface area contributed by atoms with Gasteiger partial charge in [-0.15, -0.1) is 0 Å². The summed E-state index contributed by atoms with van der Waals surface area (Å²) in [6.45, 7) is 0.792. The van der Waals surface area contributed by atoms with Gasteiger partial charge in [0.25, 0.3) is 11.9 Å². The summed E-state index contributed by atoms with van der Waals surface area (Å²) in [5.74, 6) is 2.08. The van der Waals surface area contributed by atoms with Crippen LogP contribution in [0.3, 0.4) is 0 Å². The van der Waals surface area contributed by atoms with Crippen LogP contribution in [0.25, 0.3) is 17.2 Å². The van der Waals surface area contributed by atoms with Crippen LogP contribution in [0.4, 0.5) is 0 Å². The minimum absolute atomic E-state index is 0.0546. The number of hydrogen-bond acceptors (Lipinski definition) is 7. The van der Waals surface area contributed by atoms with Gasteiger partial charge in [-0.2, -0.15) is 5.10 Å². The monoisotopic (exact) mass is 468 g/mol. The van der Waals surface area contributed by atoms with E-state index in [9.17, 15) is 4.79 Å². The molecule has 0 atom stereocenters. The minimum atomic E-state index is -0.0546. The molecular formula is C26H24N6O3. The van der Waals surface area contributed by atoms with Gasteiger partial charge in [-0.1, -0.05) is 6.07 Å². The van der Waals surface area contributed by atoms with Gasteiger partial charge in [-0.25, -0.2) is 14.6 Å². The fourth-order valence-corrected chi connectivity index (χ4v) is 4.23. The average Bonchev–Trinajstić information content (AvgIpc) is 3.46. The molecule has 0 saturated heterocycles. The number of pyridine rings is 1. The summed E-state index contributed by atoms with van der Waals surface area (Å²) in [4.78, 5) is 28.7. The predicted octanol–water partition coefficient (Wildman–Crippen LogP) is 3.65. The molecule has 0 unspecified atom stereocenters. The van der Waals surface area contributed by atoms with Crippen molar-refractivity contribution >= 4 is 5.91 Å². The van der Waals surface area contributed by atoms with Crippen molar-refractivity contribution in [2.75, 3.05) is 20.4 Å². The lowest BCUT2D eigenvalue weighted by molar-refractivity contribution is 0.0795. The van der Waals surface area contributed by atoms with Crippen LogP contribution in [0.1, 0.15) is 40.5 Å². The summed E-state index contributed by atoms with van der Waals surface area (Å²) in [5, 5.41) is 4.55. The second-order valence-corrected chi connectivity index (χ2v) is 8.74. The van der Waals surface area contributed by atoms with Crippen LogP contribution in [0, 0.1) is 0 Å². The molecule has 35 heavy (non-hydrogen) atoms. The first-order chi connectivity index (χ1) is 17.2. The Hall–Kier alpha value is -4.27. The molecule has 4 aromatic rings. The molecule has 2 aliphatic rings. The second kappa shape index (κ2) is 8.83. The molecule has 9 heteroatoms. The summed E-state index contributed by atoms with van der Waals surface area (Å²) in [7, 11) is 1.82.